The normalized spacial score (nSPS) is 17.4. The molecule has 1 aliphatic heterocycles. The number of nitrogens with one attached hydrogen (secondary N) is 1. The molecular weight excluding hydrogens is 276 g/mol. The van der Waals surface area contributed by atoms with Gasteiger partial charge in [0.1, 0.15) is 11.3 Å². The number of amides is 1. The molecule has 1 aromatic carbocycles. The minimum absolute atomic E-state index is 0.00278. The van der Waals surface area contributed by atoms with Gasteiger partial charge in [0, 0.05) is 13.1 Å². The summed E-state index contributed by atoms with van der Waals surface area (Å²) in [5.74, 6) is 4.84. The highest BCUT2D eigenvalue weighted by molar-refractivity contribution is 6.00. The van der Waals surface area contributed by atoms with Crippen molar-refractivity contribution in [3.05, 3.63) is 33.9 Å². The first-order valence-electron chi connectivity index (χ1n) is 6.61. The molecule has 1 saturated heterocycles. The summed E-state index contributed by atoms with van der Waals surface area (Å²) in [7, 11) is 0. The van der Waals surface area contributed by atoms with Crippen molar-refractivity contribution in [2.24, 2.45) is 5.84 Å². The molecule has 2 rings (SSSR count). The third kappa shape index (κ3) is 3.11. The van der Waals surface area contributed by atoms with Gasteiger partial charge in [-0.25, -0.2) is 0 Å². The van der Waals surface area contributed by atoms with Gasteiger partial charge in [0.15, 0.2) is 0 Å². The second-order valence-electron chi connectivity index (χ2n) is 5.39. The van der Waals surface area contributed by atoms with Crippen LogP contribution in [0.25, 0.3) is 0 Å². The summed E-state index contributed by atoms with van der Waals surface area (Å²) in [6, 6.07) is 4.39. The number of anilines is 1. The molecule has 0 saturated carbocycles. The maximum Gasteiger partial charge on any atom is 0.306 e. The molecule has 1 aromatic rings. The first-order chi connectivity index (χ1) is 9.85. The highest BCUT2D eigenvalue weighted by Crippen LogP contribution is 2.30. The molecule has 1 amide bonds. The first-order valence-corrected chi connectivity index (χ1v) is 6.61. The number of carbonyl (C=O) groups is 1. The number of carbonyl (C=O) groups excluding carboxylic acids is 1. The Kier molecular flexibility index (Phi) is 4.10. The van der Waals surface area contributed by atoms with Gasteiger partial charge in [-0.15, -0.1) is 0 Å². The summed E-state index contributed by atoms with van der Waals surface area (Å²) in [6.07, 6.45) is 0.892. The van der Waals surface area contributed by atoms with Crippen LogP contribution in [0.1, 0.15) is 30.1 Å². The van der Waals surface area contributed by atoms with Crippen LogP contribution in [0.3, 0.4) is 0 Å². The predicted molar refractivity (Wildman–Crippen MR) is 76.7 cm³/mol. The topological polar surface area (TPSA) is 122 Å². The quantitative estimate of drug-likeness (QED) is 0.432. The monoisotopic (exact) mass is 294 g/mol. The number of rotatable bonds is 3. The van der Waals surface area contributed by atoms with Crippen molar-refractivity contribution in [3.8, 4) is 0 Å². The molecule has 21 heavy (non-hydrogen) atoms. The molecule has 0 radical (unpaired) electrons. The fourth-order valence-corrected chi connectivity index (χ4v) is 2.39. The van der Waals surface area contributed by atoms with Crippen molar-refractivity contribution in [3.63, 3.8) is 0 Å². The third-order valence-corrected chi connectivity index (χ3v) is 3.73. The summed E-state index contributed by atoms with van der Waals surface area (Å²) >= 11 is 0. The second kappa shape index (κ2) is 5.66. The van der Waals surface area contributed by atoms with E-state index in [9.17, 15) is 20.0 Å². The molecule has 4 N–H and O–H groups in total. The highest BCUT2D eigenvalue weighted by atomic mass is 16.6. The lowest BCUT2D eigenvalue weighted by atomic mass is 9.93. The van der Waals surface area contributed by atoms with Gasteiger partial charge in [0.25, 0.3) is 5.91 Å². The molecule has 114 valence electrons. The lowest BCUT2D eigenvalue weighted by Gasteiger charge is -2.35. The van der Waals surface area contributed by atoms with E-state index in [4.69, 9.17) is 5.84 Å². The number of nitrogens with zero attached hydrogens (tertiary/aromatic N) is 2. The molecule has 0 unspecified atom stereocenters. The highest BCUT2D eigenvalue weighted by Gasteiger charge is 2.33. The number of nitrogens with two attached hydrogens (primary N) is 1. The summed E-state index contributed by atoms with van der Waals surface area (Å²) < 4.78 is 0. The number of para-hydroxylation sites is 1. The Morgan fingerprint density at radius 2 is 2.10 bits per heavy atom. The molecule has 0 aromatic heterocycles. The Bertz CT molecular complexity index is 563. The molecule has 1 heterocycles. The Morgan fingerprint density at radius 3 is 2.62 bits per heavy atom. The van der Waals surface area contributed by atoms with Crippen LogP contribution in [0.4, 0.5) is 11.4 Å². The molecule has 0 spiro atoms. The lowest BCUT2D eigenvalue weighted by Crippen LogP contribution is -2.45. The zero-order valence-corrected chi connectivity index (χ0v) is 11.7. The van der Waals surface area contributed by atoms with Gasteiger partial charge in [-0.1, -0.05) is 6.07 Å². The average Bonchev–Trinajstić information content (AvgIpc) is 2.45. The molecule has 1 aliphatic rings. The van der Waals surface area contributed by atoms with Crippen LogP contribution in [0, 0.1) is 10.1 Å². The minimum Gasteiger partial charge on any atom is -0.390 e. The number of nitrogen functional groups attached to an aromatic ring is 1. The molecule has 0 atom stereocenters. The number of aliphatic hydroxyl groups is 1. The maximum absolute atomic E-state index is 12.5. The summed E-state index contributed by atoms with van der Waals surface area (Å²) in [6.45, 7) is 2.45. The minimum atomic E-state index is -0.788. The lowest BCUT2D eigenvalue weighted by molar-refractivity contribution is -0.384. The SMILES string of the molecule is CC1(O)CCN(C(=O)c2cccc(NN)c2[N+](=O)[O-])CC1. The molecule has 8 heteroatoms. The number of hydrogen-bond donors (Lipinski definition) is 3. The van der Waals surface area contributed by atoms with E-state index < -0.39 is 16.4 Å². The van der Waals surface area contributed by atoms with Crippen molar-refractivity contribution in [2.75, 3.05) is 18.5 Å². The Morgan fingerprint density at radius 1 is 1.48 bits per heavy atom. The van der Waals surface area contributed by atoms with Crippen LogP contribution >= 0.6 is 0 Å². The third-order valence-electron chi connectivity index (χ3n) is 3.73. The summed E-state index contributed by atoms with van der Waals surface area (Å²) in [4.78, 5) is 24.6. The molecule has 0 bridgehead atoms. The second-order valence-corrected chi connectivity index (χ2v) is 5.39. The van der Waals surface area contributed by atoms with Gasteiger partial charge in [0.2, 0.25) is 0 Å². The van der Waals surface area contributed by atoms with E-state index in [1.807, 2.05) is 0 Å². The number of piperidine rings is 1. The Hall–Kier alpha value is -2.19. The standard InChI is InChI=1S/C13H18N4O4/c1-13(19)5-7-16(8-6-13)12(18)9-3-2-4-10(15-14)11(9)17(20)21/h2-4,15,19H,5-8,14H2,1H3. The van der Waals surface area contributed by atoms with E-state index >= 15 is 0 Å². The number of likely N-dealkylation sites (tertiary alicyclic amines) is 1. The fourth-order valence-electron chi connectivity index (χ4n) is 2.39. The van der Waals surface area contributed by atoms with Gasteiger partial charge < -0.3 is 15.4 Å². The number of hydrogen-bond acceptors (Lipinski definition) is 6. The number of nitro benzene ring substituents is 1. The summed E-state index contributed by atoms with van der Waals surface area (Å²) in [5.41, 5.74) is 1.21. The van der Waals surface area contributed by atoms with Crippen LogP contribution in [0.5, 0.6) is 0 Å². The summed E-state index contributed by atoms with van der Waals surface area (Å²) in [5, 5.41) is 21.1. The predicted octanol–water partition coefficient (Wildman–Crippen LogP) is 0.867. The van der Waals surface area contributed by atoms with Gasteiger partial charge in [-0.2, -0.15) is 0 Å². The molecule has 0 aliphatic carbocycles. The van der Waals surface area contributed by atoms with E-state index in [0.29, 0.717) is 25.9 Å². The number of hydrazine groups is 1. The van der Waals surface area contributed by atoms with Gasteiger partial charge in [-0.3, -0.25) is 20.8 Å². The Balaban J connectivity index is 2.30. The van der Waals surface area contributed by atoms with Crippen LogP contribution in [-0.2, 0) is 0 Å². The van der Waals surface area contributed by atoms with Crippen molar-refractivity contribution >= 4 is 17.3 Å². The van der Waals surface area contributed by atoms with Crippen LogP contribution < -0.4 is 11.3 Å². The van der Waals surface area contributed by atoms with E-state index in [2.05, 4.69) is 5.43 Å². The van der Waals surface area contributed by atoms with Crippen molar-refractivity contribution in [1.82, 2.24) is 4.90 Å². The first kappa shape index (κ1) is 15.2. The van der Waals surface area contributed by atoms with Gasteiger partial charge >= 0.3 is 5.69 Å². The van der Waals surface area contributed by atoms with E-state index in [1.54, 1.807) is 6.92 Å². The van der Waals surface area contributed by atoms with Crippen molar-refractivity contribution < 1.29 is 14.8 Å². The van der Waals surface area contributed by atoms with Gasteiger partial charge in [0.05, 0.1) is 10.5 Å². The van der Waals surface area contributed by atoms with Crippen LogP contribution in [0.15, 0.2) is 18.2 Å². The molecule has 1 fully saturated rings. The zero-order valence-electron chi connectivity index (χ0n) is 11.7. The van der Waals surface area contributed by atoms with Crippen LogP contribution in [0.2, 0.25) is 0 Å². The molecular formula is C13H18N4O4. The number of nitro groups is 1. The van der Waals surface area contributed by atoms with E-state index in [0.717, 1.165) is 0 Å². The largest absolute Gasteiger partial charge is 0.390 e. The fraction of sp³-hybridized carbons (Fsp3) is 0.462. The zero-order chi connectivity index (χ0) is 15.6. The van der Waals surface area contributed by atoms with Gasteiger partial charge in [-0.05, 0) is 31.9 Å². The number of benzene rings is 1. The van der Waals surface area contributed by atoms with E-state index in [-0.39, 0.29) is 16.9 Å². The molecule has 8 nitrogen and oxygen atoms in total. The Labute approximate surface area is 121 Å². The van der Waals surface area contributed by atoms with Crippen molar-refractivity contribution in [1.29, 1.82) is 0 Å². The maximum atomic E-state index is 12.5. The van der Waals surface area contributed by atoms with Crippen molar-refractivity contribution in [2.45, 2.75) is 25.4 Å². The smallest absolute Gasteiger partial charge is 0.306 e. The average molecular weight is 294 g/mol. The van der Waals surface area contributed by atoms with Crippen LogP contribution in [-0.4, -0.2) is 39.5 Å². The van der Waals surface area contributed by atoms with E-state index in [1.165, 1.54) is 23.1 Å².